The summed E-state index contributed by atoms with van der Waals surface area (Å²) in [7, 11) is 0. The molecule has 2 nitrogen and oxygen atoms in total. The number of hydrogen-bond donors (Lipinski definition) is 2. The summed E-state index contributed by atoms with van der Waals surface area (Å²) in [5.41, 5.74) is 0.517. The third-order valence-corrected chi connectivity index (χ3v) is 3.91. The molecule has 104 valence electrons. The molecule has 0 saturated heterocycles. The van der Waals surface area contributed by atoms with Crippen LogP contribution in [0.25, 0.3) is 0 Å². The smallest absolute Gasteiger partial charge is 0.256 e. The molecule has 1 amide bonds. The molecule has 0 heterocycles. The number of anilines is 1. The molecule has 0 saturated carbocycles. The molecule has 0 spiro atoms. The average molecular weight is 395 g/mol. The predicted molar refractivity (Wildman–Crippen MR) is 85.8 cm³/mol. The van der Waals surface area contributed by atoms with Gasteiger partial charge in [0.2, 0.25) is 0 Å². The molecule has 20 heavy (non-hydrogen) atoms. The molecule has 2 aromatic rings. The Kier molecular flexibility index (Phi) is 4.96. The number of benzene rings is 2. The van der Waals surface area contributed by atoms with Crippen molar-refractivity contribution >= 4 is 63.4 Å². The van der Waals surface area contributed by atoms with Gasteiger partial charge in [-0.15, -0.1) is 12.6 Å². The van der Waals surface area contributed by atoms with Gasteiger partial charge >= 0.3 is 0 Å². The van der Waals surface area contributed by atoms with Crippen LogP contribution in [-0.4, -0.2) is 5.91 Å². The van der Waals surface area contributed by atoms with Gasteiger partial charge in [0.05, 0.1) is 21.3 Å². The fourth-order valence-corrected chi connectivity index (χ4v) is 2.95. The van der Waals surface area contributed by atoms with E-state index in [2.05, 4.69) is 33.9 Å². The number of nitrogens with one attached hydrogen (secondary N) is 1. The van der Waals surface area contributed by atoms with Crippen molar-refractivity contribution in [2.45, 2.75) is 4.90 Å². The lowest BCUT2D eigenvalue weighted by molar-refractivity contribution is 0.102. The van der Waals surface area contributed by atoms with Crippen molar-refractivity contribution < 1.29 is 9.18 Å². The molecule has 2 aromatic carbocycles. The molecule has 2 rings (SSSR count). The van der Waals surface area contributed by atoms with E-state index in [0.717, 1.165) is 16.6 Å². The monoisotopic (exact) mass is 393 g/mol. The summed E-state index contributed by atoms with van der Waals surface area (Å²) in [5.74, 6) is -1.01. The first-order valence-corrected chi connectivity index (χ1v) is 7.32. The summed E-state index contributed by atoms with van der Waals surface area (Å²) >= 11 is 19.2. The van der Waals surface area contributed by atoms with E-state index in [1.165, 1.54) is 0 Å². The van der Waals surface area contributed by atoms with Crippen molar-refractivity contribution in [3.8, 4) is 0 Å². The molecule has 0 fully saturated rings. The third-order valence-electron chi connectivity index (χ3n) is 2.45. The number of rotatable bonds is 2. The molecule has 0 aromatic heterocycles. The number of thiol groups is 1. The minimum atomic E-state index is -0.573. The van der Waals surface area contributed by atoms with Crippen molar-refractivity contribution in [2.75, 3.05) is 5.32 Å². The minimum absolute atomic E-state index is 0.0289. The Morgan fingerprint density at radius 1 is 1.20 bits per heavy atom. The largest absolute Gasteiger partial charge is 0.319 e. The van der Waals surface area contributed by atoms with Crippen molar-refractivity contribution in [1.29, 1.82) is 0 Å². The maximum Gasteiger partial charge on any atom is 0.256 e. The van der Waals surface area contributed by atoms with E-state index < -0.39 is 11.7 Å². The zero-order valence-electron chi connectivity index (χ0n) is 9.75. The summed E-state index contributed by atoms with van der Waals surface area (Å²) < 4.78 is 13.9. The van der Waals surface area contributed by atoms with Crippen LogP contribution in [0.3, 0.4) is 0 Å². The Morgan fingerprint density at radius 2 is 1.80 bits per heavy atom. The topological polar surface area (TPSA) is 29.1 Å². The highest BCUT2D eigenvalue weighted by Gasteiger charge is 2.15. The van der Waals surface area contributed by atoms with E-state index in [4.69, 9.17) is 23.2 Å². The first-order valence-electron chi connectivity index (χ1n) is 5.33. The van der Waals surface area contributed by atoms with Gasteiger partial charge in [0.15, 0.2) is 0 Å². The number of carbonyl (C=O) groups is 1. The number of halogens is 4. The number of amides is 1. The second-order valence-electron chi connectivity index (χ2n) is 3.86. The summed E-state index contributed by atoms with van der Waals surface area (Å²) in [5, 5.41) is 2.61. The quantitative estimate of drug-likeness (QED) is 0.652. The highest BCUT2D eigenvalue weighted by Crippen LogP contribution is 2.32. The van der Waals surface area contributed by atoms with Gasteiger partial charge in [-0.1, -0.05) is 39.1 Å². The second kappa shape index (κ2) is 6.35. The van der Waals surface area contributed by atoms with Gasteiger partial charge in [-0.2, -0.15) is 0 Å². The molecule has 1 N–H and O–H groups in total. The van der Waals surface area contributed by atoms with Crippen molar-refractivity contribution in [1.82, 2.24) is 0 Å². The minimum Gasteiger partial charge on any atom is -0.319 e. The van der Waals surface area contributed by atoms with Gasteiger partial charge in [0.1, 0.15) is 5.82 Å². The predicted octanol–water partition coefficient (Wildman–Crippen LogP) is 5.44. The van der Waals surface area contributed by atoms with E-state index in [9.17, 15) is 9.18 Å². The molecule has 0 atom stereocenters. The van der Waals surface area contributed by atoms with Crippen molar-refractivity contribution in [2.24, 2.45) is 0 Å². The average Bonchev–Trinajstić information content (AvgIpc) is 2.33. The van der Waals surface area contributed by atoms with Gasteiger partial charge < -0.3 is 5.32 Å². The highest BCUT2D eigenvalue weighted by atomic mass is 79.9. The van der Waals surface area contributed by atoms with Crippen LogP contribution in [0, 0.1) is 5.82 Å². The van der Waals surface area contributed by atoms with E-state index >= 15 is 0 Å². The molecule has 0 aliphatic rings. The number of hydrogen-bond acceptors (Lipinski definition) is 2. The fraction of sp³-hybridized carbons (Fsp3) is 0. The SMILES string of the molecule is O=C(Nc1c(Cl)cc(F)cc1Cl)c1ccc(Br)cc1S. The Balaban J connectivity index is 2.33. The Labute approximate surface area is 138 Å². The van der Waals surface area contributed by atoms with Crippen molar-refractivity contribution in [3.63, 3.8) is 0 Å². The van der Waals surface area contributed by atoms with Gasteiger partial charge in [-0.25, -0.2) is 4.39 Å². The van der Waals surface area contributed by atoms with E-state index in [0.29, 0.717) is 10.5 Å². The van der Waals surface area contributed by atoms with Crippen LogP contribution < -0.4 is 5.32 Å². The lowest BCUT2D eigenvalue weighted by Gasteiger charge is -2.11. The van der Waals surface area contributed by atoms with Crippen LogP contribution in [0.4, 0.5) is 10.1 Å². The molecular formula is C13H7BrCl2FNOS. The molecule has 0 bridgehead atoms. The first kappa shape index (κ1) is 15.6. The van der Waals surface area contributed by atoms with Gasteiger partial charge in [0, 0.05) is 9.37 Å². The standard InChI is InChI=1S/C13H7BrCl2FNOS/c14-6-1-2-8(11(20)3-6)13(19)18-12-9(15)4-7(17)5-10(12)16/h1-5,20H,(H,18,19). The van der Waals surface area contributed by atoms with Crippen LogP contribution in [0.2, 0.25) is 10.0 Å². The Morgan fingerprint density at radius 3 is 2.35 bits per heavy atom. The van der Waals surface area contributed by atoms with E-state index in [-0.39, 0.29) is 15.7 Å². The maximum atomic E-state index is 13.1. The fourth-order valence-electron chi connectivity index (χ4n) is 1.54. The normalized spacial score (nSPS) is 10.4. The first-order chi connectivity index (χ1) is 9.38. The molecule has 0 unspecified atom stereocenters. The van der Waals surface area contributed by atoms with Crippen LogP contribution in [0.5, 0.6) is 0 Å². The Hall–Kier alpha value is -0.750. The molecule has 0 radical (unpaired) electrons. The van der Waals surface area contributed by atoms with Crippen LogP contribution in [0.1, 0.15) is 10.4 Å². The highest BCUT2D eigenvalue weighted by molar-refractivity contribution is 9.10. The lowest BCUT2D eigenvalue weighted by atomic mass is 10.2. The van der Waals surface area contributed by atoms with Gasteiger partial charge in [-0.3, -0.25) is 4.79 Å². The maximum absolute atomic E-state index is 13.1. The zero-order valence-corrected chi connectivity index (χ0v) is 13.7. The molecule has 0 aliphatic carbocycles. The lowest BCUT2D eigenvalue weighted by Crippen LogP contribution is -2.13. The van der Waals surface area contributed by atoms with E-state index in [1.54, 1.807) is 18.2 Å². The summed E-state index contributed by atoms with van der Waals surface area (Å²) in [6.45, 7) is 0. The molecule has 0 aliphatic heterocycles. The van der Waals surface area contributed by atoms with Gasteiger partial charge in [0.25, 0.3) is 5.91 Å². The summed E-state index contributed by atoms with van der Waals surface area (Å²) in [4.78, 5) is 12.6. The van der Waals surface area contributed by atoms with E-state index in [1.807, 2.05) is 0 Å². The number of carbonyl (C=O) groups excluding carboxylic acids is 1. The summed E-state index contributed by atoms with van der Waals surface area (Å²) in [6, 6.07) is 7.15. The molecular weight excluding hydrogens is 388 g/mol. The van der Waals surface area contributed by atoms with Crippen LogP contribution in [-0.2, 0) is 0 Å². The summed E-state index contributed by atoms with van der Waals surface area (Å²) in [6.07, 6.45) is 0. The molecule has 7 heteroatoms. The van der Waals surface area contributed by atoms with Crippen molar-refractivity contribution in [3.05, 3.63) is 56.2 Å². The Bertz CT molecular complexity index is 673. The third kappa shape index (κ3) is 3.47. The van der Waals surface area contributed by atoms with Crippen LogP contribution in [0.15, 0.2) is 39.7 Å². The van der Waals surface area contributed by atoms with Gasteiger partial charge in [-0.05, 0) is 30.3 Å². The zero-order chi connectivity index (χ0) is 14.9. The second-order valence-corrected chi connectivity index (χ2v) is 6.07. The van der Waals surface area contributed by atoms with Crippen LogP contribution >= 0.6 is 51.8 Å².